The monoisotopic (exact) mass is 353 g/mol. The van der Waals surface area contributed by atoms with E-state index in [0.29, 0.717) is 30.0 Å². The largest absolute Gasteiger partial charge is 0.489 e. The van der Waals surface area contributed by atoms with E-state index in [4.69, 9.17) is 10.5 Å². The standard InChI is InChI=1S/C18H19N5O3/c1-2-10-7-15(24)21-13(10)8-26-14-5-3-4-11-6-12(17(19)25)18-22-20-9-23(18)16(11)14/h3-6,9-10,13H,2,7-8H2,1H3,(H2,19,25)(H,21,24)/t10-,13-/m1/s1. The Morgan fingerprint density at radius 3 is 3.08 bits per heavy atom. The smallest absolute Gasteiger partial charge is 0.252 e. The van der Waals surface area contributed by atoms with E-state index in [9.17, 15) is 9.59 Å². The number of pyridine rings is 1. The summed E-state index contributed by atoms with van der Waals surface area (Å²) in [6.07, 6.45) is 2.99. The molecule has 4 rings (SSSR count). The highest BCUT2D eigenvalue weighted by Gasteiger charge is 2.31. The van der Waals surface area contributed by atoms with E-state index in [2.05, 4.69) is 22.4 Å². The summed E-state index contributed by atoms with van der Waals surface area (Å²) in [5.41, 5.74) is 6.92. The maximum absolute atomic E-state index is 11.7. The Morgan fingerprint density at radius 2 is 2.31 bits per heavy atom. The molecule has 3 heterocycles. The average Bonchev–Trinajstić information content (AvgIpc) is 3.25. The fourth-order valence-corrected chi connectivity index (χ4v) is 3.56. The summed E-state index contributed by atoms with van der Waals surface area (Å²) in [5, 5.41) is 11.7. The second-order valence-electron chi connectivity index (χ2n) is 6.50. The molecule has 0 spiro atoms. The second-order valence-corrected chi connectivity index (χ2v) is 6.50. The van der Waals surface area contributed by atoms with Crippen LogP contribution in [-0.4, -0.2) is 39.1 Å². The molecule has 0 unspecified atom stereocenters. The number of hydrogen-bond donors (Lipinski definition) is 2. The third kappa shape index (κ3) is 2.63. The van der Waals surface area contributed by atoms with Crippen LogP contribution in [0.4, 0.5) is 0 Å². The summed E-state index contributed by atoms with van der Waals surface area (Å²) in [6.45, 7) is 2.45. The van der Waals surface area contributed by atoms with E-state index >= 15 is 0 Å². The molecule has 0 aliphatic carbocycles. The van der Waals surface area contributed by atoms with Gasteiger partial charge in [0.05, 0.1) is 17.1 Å². The van der Waals surface area contributed by atoms with Gasteiger partial charge in [0.1, 0.15) is 18.7 Å². The van der Waals surface area contributed by atoms with Crippen molar-refractivity contribution < 1.29 is 14.3 Å². The van der Waals surface area contributed by atoms with Crippen molar-refractivity contribution in [3.05, 3.63) is 36.2 Å². The number of ether oxygens (including phenoxy) is 1. The number of rotatable bonds is 5. The fourth-order valence-electron chi connectivity index (χ4n) is 3.56. The van der Waals surface area contributed by atoms with Gasteiger partial charge in [0.25, 0.3) is 5.91 Å². The van der Waals surface area contributed by atoms with Crippen LogP contribution in [0.25, 0.3) is 16.6 Å². The first-order chi connectivity index (χ1) is 12.6. The van der Waals surface area contributed by atoms with Gasteiger partial charge in [-0.1, -0.05) is 25.5 Å². The van der Waals surface area contributed by atoms with E-state index in [1.54, 1.807) is 10.5 Å². The number of para-hydroxylation sites is 1. The number of nitrogens with two attached hydrogens (primary N) is 1. The lowest BCUT2D eigenvalue weighted by molar-refractivity contribution is -0.119. The van der Waals surface area contributed by atoms with Crippen LogP contribution >= 0.6 is 0 Å². The lowest BCUT2D eigenvalue weighted by Gasteiger charge is -2.19. The zero-order valence-electron chi connectivity index (χ0n) is 14.3. The zero-order chi connectivity index (χ0) is 18.3. The molecule has 2 atom stereocenters. The summed E-state index contributed by atoms with van der Waals surface area (Å²) >= 11 is 0. The molecule has 26 heavy (non-hydrogen) atoms. The molecular formula is C18H19N5O3. The van der Waals surface area contributed by atoms with Crippen molar-refractivity contribution in [3.8, 4) is 5.75 Å². The average molecular weight is 353 g/mol. The Kier molecular flexibility index (Phi) is 3.95. The fraction of sp³-hybridized carbons (Fsp3) is 0.333. The van der Waals surface area contributed by atoms with E-state index < -0.39 is 5.91 Å². The van der Waals surface area contributed by atoms with Gasteiger partial charge in [-0.3, -0.25) is 14.0 Å². The first-order valence-corrected chi connectivity index (χ1v) is 8.56. The summed E-state index contributed by atoms with van der Waals surface area (Å²) in [4.78, 5) is 23.4. The van der Waals surface area contributed by atoms with Gasteiger partial charge in [0, 0.05) is 11.8 Å². The number of primary amides is 1. The van der Waals surface area contributed by atoms with Crippen molar-refractivity contribution in [2.45, 2.75) is 25.8 Å². The zero-order valence-corrected chi connectivity index (χ0v) is 14.3. The van der Waals surface area contributed by atoms with Crippen LogP contribution in [0, 0.1) is 5.92 Å². The van der Waals surface area contributed by atoms with Gasteiger partial charge in [-0.05, 0) is 18.1 Å². The molecule has 0 saturated carbocycles. The molecule has 2 aromatic heterocycles. The topological polar surface area (TPSA) is 112 Å². The normalized spacial score (nSPS) is 19.8. The molecule has 1 aliphatic rings. The van der Waals surface area contributed by atoms with Crippen molar-refractivity contribution >= 4 is 28.4 Å². The maximum Gasteiger partial charge on any atom is 0.252 e. The quantitative estimate of drug-likeness (QED) is 0.717. The van der Waals surface area contributed by atoms with Gasteiger partial charge in [-0.15, -0.1) is 10.2 Å². The van der Waals surface area contributed by atoms with Crippen molar-refractivity contribution in [3.63, 3.8) is 0 Å². The number of fused-ring (bicyclic) bond motifs is 3. The first-order valence-electron chi connectivity index (χ1n) is 8.56. The molecule has 1 fully saturated rings. The van der Waals surface area contributed by atoms with Crippen molar-refractivity contribution in [1.82, 2.24) is 19.9 Å². The highest BCUT2D eigenvalue weighted by Crippen LogP contribution is 2.29. The van der Waals surface area contributed by atoms with Gasteiger partial charge < -0.3 is 15.8 Å². The molecular weight excluding hydrogens is 334 g/mol. The molecule has 3 N–H and O–H groups in total. The van der Waals surface area contributed by atoms with Gasteiger partial charge >= 0.3 is 0 Å². The minimum absolute atomic E-state index is 0.0101. The predicted molar refractivity (Wildman–Crippen MR) is 94.8 cm³/mol. The second kappa shape index (κ2) is 6.29. The summed E-state index contributed by atoms with van der Waals surface area (Å²) in [7, 11) is 0. The van der Waals surface area contributed by atoms with Crippen LogP contribution in [-0.2, 0) is 4.79 Å². The number of carbonyl (C=O) groups excluding carboxylic acids is 2. The Morgan fingerprint density at radius 1 is 1.46 bits per heavy atom. The van der Waals surface area contributed by atoms with Gasteiger partial charge in [0.15, 0.2) is 5.65 Å². The van der Waals surface area contributed by atoms with Crippen molar-refractivity contribution in [2.75, 3.05) is 6.61 Å². The van der Waals surface area contributed by atoms with Crippen molar-refractivity contribution in [2.24, 2.45) is 11.7 Å². The number of hydrogen-bond acceptors (Lipinski definition) is 5. The molecule has 1 aliphatic heterocycles. The molecule has 0 bridgehead atoms. The lowest BCUT2D eigenvalue weighted by Crippen LogP contribution is -2.34. The third-order valence-electron chi connectivity index (χ3n) is 4.93. The molecule has 3 aromatic rings. The number of amides is 2. The lowest BCUT2D eigenvalue weighted by atomic mass is 9.98. The van der Waals surface area contributed by atoms with Gasteiger partial charge in [-0.25, -0.2) is 0 Å². The highest BCUT2D eigenvalue weighted by atomic mass is 16.5. The summed E-state index contributed by atoms with van der Waals surface area (Å²) in [5.74, 6) is 0.416. The number of aromatic nitrogens is 3. The minimum atomic E-state index is -0.560. The number of carbonyl (C=O) groups is 2. The molecule has 0 radical (unpaired) electrons. The van der Waals surface area contributed by atoms with E-state index in [0.717, 1.165) is 17.3 Å². The SMILES string of the molecule is CC[C@@H]1CC(=O)N[C@@H]1COc1cccc2cc(C(N)=O)c3nncn3c12. The van der Waals surface area contributed by atoms with Crippen LogP contribution < -0.4 is 15.8 Å². The highest BCUT2D eigenvalue weighted by molar-refractivity contribution is 6.03. The van der Waals surface area contributed by atoms with E-state index in [1.165, 1.54) is 6.33 Å². The maximum atomic E-state index is 11.7. The third-order valence-corrected chi connectivity index (χ3v) is 4.93. The van der Waals surface area contributed by atoms with Crippen LogP contribution in [0.1, 0.15) is 30.1 Å². The molecule has 1 aromatic carbocycles. The summed E-state index contributed by atoms with van der Waals surface area (Å²) in [6, 6.07) is 7.26. The van der Waals surface area contributed by atoms with E-state index in [-0.39, 0.29) is 17.9 Å². The summed E-state index contributed by atoms with van der Waals surface area (Å²) < 4.78 is 7.76. The van der Waals surface area contributed by atoms with Gasteiger partial charge in [0.2, 0.25) is 5.91 Å². The molecule has 2 amide bonds. The van der Waals surface area contributed by atoms with Gasteiger partial charge in [-0.2, -0.15) is 0 Å². The van der Waals surface area contributed by atoms with Crippen LogP contribution in [0.5, 0.6) is 5.75 Å². The van der Waals surface area contributed by atoms with E-state index in [1.807, 2.05) is 18.2 Å². The Bertz CT molecular complexity index is 1010. The van der Waals surface area contributed by atoms with Crippen molar-refractivity contribution in [1.29, 1.82) is 0 Å². The number of benzene rings is 1. The molecule has 8 heteroatoms. The predicted octanol–water partition coefficient (Wildman–Crippen LogP) is 1.27. The van der Waals surface area contributed by atoms with Crippen LogP contribution in [0.2, 0.25) is 0 Å². The Balaban J connectivity index is 1.73. The number of nitrogens with zero attached hydrogens (tertiary/aromatic N) is 3. The Hall–Kier alpha value is -3.16. The molecule has 1 saturated heterocycles. The Labute approximate surface area is 149 Å². The van der Waals surface area contributed by atoms with Crippen LogP contribution in [0.15, 0.2) is 30.6 Å². The molecule has 134 valence electrons. The minimum Gasteiger partial charge on any atom is -0.489 e. The van der Waals surface area contributed by atoms with Crippen LogP contribution in [0.3, 0.4) is 0 Å². The number of nitrogens with one attached hydrogen (secondary N) is 1. The molecule has 8 nitrogen and oxygen atoms in total. The first kappa shape index (κ1) is 16.3.